The van der Waals surface area contributed by atoms with Gasteiger partial charge in [0.2, 0.25) is 0 Å². The summed E-state index contributed by atoms with van der Waals surface area (Å²) < 4.78 is 0. The van der Waals surface area contributed by atoms with E-state index in [1.807, 2.05) is 6.07 Å². The van der Waals surface area contributed by atoms with Gasteiger partial charge in [-0.1, -0.05) is 18.9 Å². The molecule has 0 bridgehead atoms. The van der Waals surface area contributed by atoms with Crippen LogP contribution < -0.4 is 0 Å². The van der Waals surface area contributed by atoms with Crippen molar-refractivity contribution in [1.29, 1.82) is 0 Å². The van der Waals surface area contributed by atoms with Crippen LogP contribution in [0.3, 0.4) is 0 Å². The standard InChI is InChI=1S/C12H16O2/c1-8-11(13)7-6-10(12(8)14)9-4-2-3-5-9/h6-7,9,13-14H,2-5H2,1H3. The Hall–Kier alpha value is -1.18. The van der Waals surface area contributed by atoms with Crippen LogP contribution >= 0.6 is 0 Å². The first-order valence-electron chi connectivity index (χ1n) is 5.21. The van der Waals surface area contributed by atoms with Crippen molar-refractivity contribution in [3.05, 3.63) is 23.3 Å². The van der Waals surface area contributed by atoms with Gasteiger partial charge in [0.25, 0.3) is 0 Å². The first kappa shape index (κ1) is 9.38. The highest BCUT2D eigenvalue weighted by atomic mass is 16.3. The molecular formula is C12H16O2. The van der Waals surface area contributed by atoms with Crippen LogP contribution in [0.5, 0.6) is 11.5 Å². The zero-order chi connectivity index (χ0) is 10.1. The summed E-state index contributed by atoms with van der Waals surface area (Å²) in [7, 11) is 0. The van der Waals surface area contributed by atoms with Crippen LogP contribution in [-0.2, 0) is 0 Å². The minimum absolute atomic E-state index is 0.184. The van der Waals surface area contributed by atoms with Crippen molar-refractivity contribution in [3.8, 4) is 11.5 Å². The predicted octanol–water partition coefficient (Wildman–Crippen LogP) is 3.06. The van der Waals surface area contributed by atoms with Gasteiger partial charge in [-0.2, -0.15) is 0 Å². The molecule has 1 aromatic rings. The molecule has 1 aliphatic rings. The second-order valence-electron chi connectivity index (χ2n) is 4.13. The molecule has 2 N–H and O–H groups in total. The quantitative estimate of drug-likeness (QED) is 0.718. The Morgan fingerprint density at radius 2 is 1.79 bits per heavy atom. The topological polar surface area (TPSA) is 40.5 Å². The molecule has 1 saturated carbocycles. The molecule has 76 valence electrons. The van der Waals surface area contributed by atoms with Crippen molar-refractivity contribution in [2.24, 2.45) is 0 Å². The van der Waals surface area contributed by atoms with E-state index >= 15 is 0 Å². The Labute approximate surface area is 84.2 Å². The summed E-state index contributed by atoms with van der Waals surface area (Å²) in [6.45, 7) is 1.75. The second kappa shape index (κ2) is 3.52. The fourth-order valence-electron chi connectivity index (χ4n) is 2.28. The maximum atomic E-state index is 9.88. The van der Waals surface area contributed by atoms with E-state index in [9.17, 15) is 10.2 Å². The number of aromatic hydroxyl groups is 2. The molecule has 0 heterocycles. The first-order chi connectivity index (χ1) is 6.70. The molecule has 0 radical (unpaired) electrons. The lowest BCUT2D eigenvalue weighted by atomic mass is 9.94. The normalized spacial score (nSPS) is 17.5. The van der Waals surface area contributed by atoms with E-state index in [1.54, 1.807) is 13.0 Å². The number of benzene rings is 1. The van der Waals surface area contributed by atoms with E-state index in [-0.39, 0.29) is 11.5 Å². The molecule has 0 saturated heterocycles. The van der Waals surface area contributed by atoms with Gasteiger partial charge in [0.1, 0.15) is 11.5 Å². The number of hydrogen-bond donors (Lipinski definition) is 2. The monoisotopic (exact) mass is 192 g/mol. The molecule has 2 heteroatoms. The van der Waals surface area contributed by atoms with Crippen LogP contribution in [0.1, 0.15) is 42.7 Å². The van der Waals surface area contributed by atoms with Gasteiger partial charge in [-0.3, -0.25) is 0 Å². The molecule has 0 spiro atoms. The smallest absolute Gasteiger partial charge is 0.125 e. The van der Waals surface area contributed by atoms with Crippen LogP contribution in [0.4, 0.5) is 0 Å². The zero-order valence-corrected chi connectivity index (χ0v) is 8.45. The molecule has 1 aromatic carbocycles. The fourth-order valence-corrected chi connectivity index (χ4v) is 2.28. The van der Waals surface area contributed by atoms with E-state index in [0.29, 0.717) is 11.5 Å². The van der Waals surface area contributed by atoms with Crippen LogP contribution in [-0.4, -0.2) is 10.2 Å². The van der Waals surface area contributed by atoms with Crippen LogP contribution in [0, 0.1) is 6.92 Å². The van der Waals surface area contributed by atoms with Gasteiger partial charge in [0, 0.05) is 5.56 Å². The van der Waals surface area contributed by atoms with Gasteiger partial charge in [-0.15, -0.1) is 0 Å². The van der Waals surface area contributed by atoms with E-state index in [4.69, 9.17) is 0 Å². The summed E-state index contributed by atoms with van der Waals surface area (Å²) in [5.74, 6) is 0.968. The van der Waals surface area contributed by atoms with Crippen molar-refractivity contribution in [2.45, 2.75) is 38.5 Å². The summed E-state index contributed by atoms with van der Waals surface area (Å²) in [4.78, 5) is 0. The van der Waals surface area contributed by atoms with Crippen molar-refractivity contribution in [3.63, 3.8) is 0 Å². The molecule has 0 aliphatic heterocycles. The van der Waals surface area contributed by atoms with E-state index in [0.717, 1.165) is 18.4 Å². The third-order valence-corrected chi connectivity index (χ3v) is 3.23. The second-order valence-corrected chi connectivity index (χ2v) is 4.13. The van der Waals surface area contributed by atoms with Gasteiger partial charge in [0.15, 0.2) is 0 Å². The average Bonchev–Trinajstić information content (AvgIpc) is 2.67. The molecule has 0 unspecified atom stereocenters. The van der Waals surface area contributed by atoms with Gasteiger partial charge in [-0.25, -0.2) is 0 Å². The lowest BCUT2D eigenvalue weighted by Gasteiger charge is -2.13. The van der Waals surface area contributed by atoms with Crippen molar-refractivity contribution in [1.82, 2.24) is 0 Å². The number of rotatable bonds is 1. The Morgan fingerprint density at radius 3 is 2.43 bits per heavy atom. The van der Waals surface area contributed by atoms with E-state index in [2.05, 4.69) is 0 Å². The third-order valence-electron chi connectivity index (χ3n) is 3.23. The summed E-state index contributed by atoms with van der Waals surface area (Å²) in [6, 6.07) is 3.54. The van der Waals surface area contributed by atoms with Gasteiger partial charge < -0.3 is 10.2 Å². The highest BCUT2D eigenvalue weighted by molar-refractivity contribution is 5.49. The van der Waals surface area contributed by atoms with Crippen LogP contribution in [0.15, 0.2) is 12.1 Å². The van der Waals surface area contributed by atoms with Crippen LogP contribution in [0.25, 0.3) is 0 Å². The molecule has 2 nitrogen and oxygen atoms in total. The van der Waals surface area contributed by atoms with Gasteiger partial charge >= 0.3 is 0 Å². The highest BCUT2D eigenvalue weighted by Gasteiger charge is 2.21. The van der Waals surface area contributed by atoms with Crippen molar-refractivity contribution < 1.29 is 10.2 Å². The Kier molecular flexibility index (Phi) is 2.36. The molecular weight excluding hydrogens is 176 g/mol. The molecule has 1 aliphatic carbocycles. The minimum atomic E-state index is 0.184. The maximum absolute atomic E-state index is 9.88. The SMILES string of the molecule is Cc1c(O)ccc(C2CCCC2)c1O. The Bertz CT molecular complexity index is 338. The lowest BCUT2D eigenvalue weighted by Crippen LogP contribution is -1.94. The lowest BCUT2D eigenvalue weighted by molar-refractivity contribution is 0.434. The van der Waals surface area contributed by atoms with E-state index in [1.165, 1.54) is 12.8 Å². The van der Waals surface area contributed by atoms with Crippen molar-refractivity contribution in [2.75, 3.05) is 0 Å². The van der Waals surface area contributed by atoms with Crippen molar-refractivity contribution >= 4 is 0 Å². The van der Waals surface area contributed by atoms with Gasteiger partial charge in [0.05, 0.1) is 0 Å². The Morgan fingerprint density at radius 1 is 1.14 bits per heavy atom. The highest BCUT2D eigenvalue weighted by Crippen LogP contribution is 2.41. The largest absolute Gasteiger partial charge is 0.508 e. The fraction of sp³-hybridized carbons (Fsp3) is 0.500. The van der Waals surface area contributed by atoms with E-state index < -0.39 is 0 Å². The summed E-state index contributed by atoms with van der Waals surface area (Å²) >= 11 is 0. The molecule has 2 rings (SSSR count). The number of phenols is 2. The maximum Gasteiger partial charge on any atom is 0.125 e. The number of hydrogen-bond acceptors (Lipinski definition) is 2. The summed E-state index contributed by atoms with van der Waals surface area (Å²) in [5.41, 5.74) is 1.62. The van der Waals surface area contributed by atoms with Gasteiger partial charge in [-0.05, 0) is 37.3 Å². The summed E-state index contributed by atoms with van der Waals surface area (Å²) in [6.07, 6.45) is 4.84. The molecule has 1 fully saturated rings. The first-order valence-corrected chi connectivity index (χ1v) is 5.21. The molecule has 0 atom stereocenters. The number of phenolic OH excluding ortho intramolecular Hbond substituents is 2. The molecule has 0 aromatic heterocycles. The summed E-state index contributed by atoms with van der Waals surface area (Å²) in [5, 5.41) is 19.3. The molecule has 14 heavy (non-hydrogen) atoms. The Balaban J connectivity index is 2.38. The van der Waals surface area contributed by atoms with Crippen LogP contribution in [0.2, 0.25) is 0 Å². The third kappa shape index (κ3) is 1.45. The average molecular weight is 192 g/mol. The molecule has 0 amide bonds. The zero-order valence-electron chi connectivity index (χ0n) is 8.45. The minimum Gasteiger partial charge on any atom is -0.508 e. The predicted molar refractivity (Wildman–Crippen MR) is 55.7 cm³/mol.